The quantitative estimate of drug-likeness (QED) is 0.364. The van der Waals surface area contributed by atoms with Crippen LogP contribution in [0.4, 0.5) is 13.2 Å². The summed E-state index contributed by atoms with van der Waals surface area (Å²) in [5.41, 5.74) is -4.55. The zero-order valence-electron chi connectivity index (χ0n) is 15.1. The third kappa shape index (κ3) is 6.24. The Morgan fingerprint density at radius 3 is 2.17 bits per heavy atom. The molecule has 1 aromatic carbocycles. The fourth-order valence-corrected chi connectivity index (χ4v) is 3.63. The van der Waals surface area contributed by atoms with Gasteiger partial charge in [-0.05, 0) is 5.56 Å². The van der Waals surface area contributed by atoms with Gasteiger partial charge >= 0.3 is 15.7 Å². The van der Waals surface area contributed by atoms with Crippen LogP contribution in [0.3, 0.4) is 0 Å². The molecule has 1 fully saturated rings. The van der Waals surface area contributed by atoms with E-state index in [9.17, 15) is 21.6 Å². The van der Waals surface area contributed by atoms with Crippen molar-refractivity contribution in [1.29, 1.82) is 0 Å². The predicted octanol–water partition coefficient (Wildman–Crippen LogP) is 0.358. The van der Waals surface area contributed by atoms with Crippen LogP contribution in [0.1, 0.15) is 5.56 Å². The van der Waals surface area contributed by atoms with Gasteiger partial charge in [0.2, 0.25) is 0 Å². The first-order valence-corrected chi connectivity index (χ1v) is 10.8. The summed E-state index contributed by atoms with van der Waals surface area (Å²) in [6.45, 7) is 1.31. The Hall–Kier alpha value is -2.00. The lowest BCUT2D eigenvalue weighted by Gasteiger charge is -2.35. The Kier molecular flexibility index (Phi) is 7.06. The molecule has 0 spiro atoms. The monoisotopic (exact) mass is 457 g/mol. The highest BCUT2D eigenvalue weighted by atomic mass is 32.2. The summed E-state index contributed by atoms with van der Waals surface area (Å²) in [5.74, 6) is 0. The van der Waals surface area contributed by atoms with Gasteiger partial charge in [-0.15, -0.1) is 3.97 Å². The second-order valence-electron chi connectivity index (χ2n) is 6.05. The van der Waals surface area contributed by atoms with Crippen molar-refractivity contribution >= 4 is 20.3 Å². The van der Waals surface area contributed by atoms with Gasteiger partial charge < -0.3 is 9.29 Å². The van der Waals surface area contributed by atoms with Crippen LogP contribution in [0.5, 0.6) is 0 Å². The van der Waals surface area contributed by atoms with Crippen molar-refractivity contribution in [3.8, 4) is 0 Å². The fourth-order valence-electron chi connectivity index (χ4n) is 2.18. The lowest BCUT2D eigenvalue weighted by molar-refractivity contribution is -0.670. The maximum atomic E-state index is 12.3. The highest BCUT2D eigenvalue weighted by Gasteiger charge is 2.40. The molecule has 2 heterocycles. The van der Waals surface area contributed by atoms with Gasteiger partial charge in [-0.1, -0.05) is 30.3 Å². The summed E-state index contributed by atoms with van der Waals surface area (Å²) in [6, 6.07) is 9.86. The summed E-state index contributed by atoms with van der Waals surface area (Å²) < 4.78 is 93.5. The molecule has 0 radical (unpaired) electrons. The topological polar surface area (TPSA) is 113 Å². The fraction of sp³-hybridized carbons (Fsp3) is 0.400. The van der Waals surface area contributed by atoms with Crippen LogP contribution in [0.25, 0.3) is 0 Å². The van der Waals surface area contributed by atoms with Gasteiger partial charge in [0, 0.05) is 13.1 Å². The molecule has 0 amide bonds. The van der Waals surface area contributed by atoms with E-state index in [-0.39, 0.29) is 6.10 Å². The normalized spacial score (nSPS) is 16.0. The Labute approximate surface area is 165 Å². The summed E-state index contributed by atoms with van der Waals surface area (Å²) in [7, 11) is -7.75. The van der Waals surface area contributed by atoms with E-state index in [4.69, 9.17) is 17.7 Å². The van der Waals surface area contributed by atoms with Crippen molar-refractivity contribution in [1.82, 2.24) is 8.28 Å². The van der Waals surface area contributed by atoms with Crippen LogP contribution in [0, 0.1) is 0 Å². The van der Waals surface area contributed by atoms with E-state index in [0.717, 1.165) is 5.56 Å². The summed E-state index contributed by atoms with van der Waals surface area (Å²) >= 11 is 0. The number of benzene rings is 1. The predicted molar refractivity (Wildman–Crippen MR) is 92.3 cm³/mol. The minimum absolute atomic E-state index is 0.0377. The first-order chi connectivity index (χ1) is 13.3. The Morgan fingerprint density at radius 1 is 1.17 bits per heavy atom. The van der Waals surface area contributed by atoms with Crippen molar-refractivity contribution in [3.63, 3.8) is 0 Å². The lowest BCUT2D eigenvalue weighted by atomic mass is 10.2. The number of alkyl halides is 3. The average Bonchev–Trinajstić information content (AvgIpc) is 3.00. The number of halogens is 3. The van der Waals surface area contributed by atoms with Crippen molar-refractivity contribution in [2.75, 3.05) is 13.1 Å². The number of rotatable bonds is 5. The van der Waals surface area contributed by atoms with Crippen molar-refractivity contribution in [2.45, 2.75) is 18.2 Å². The second kappa shape index (κ2) is 8.79. The third-order valence-electron chi connectivity index (χ3n) is 3.76. The number of nitrogens with zero attached hydrogens (tertiary/aromatic N) is 3. The molecule has 14 heteroatoms. The van der Waals surface area contributed by atoms with Crippen LogP contribution < -0.4 is 4.57 Å². The molecule has 0 atom stereocenters. The SMILES string of the molecule is C[n+]1ccn(S(=O)(=O)N2CC(OCc3ccccc3)C2)c1.O=S(=O)([O-])C(F)(F)F. The largest absolute Gasteiger partial charge is 0.741 e. The van der Waals surface area contributed by atoms with Crippen molar-refractivity contribution in [2.24, 2.45) is 7.05 Å². The summed E-state index contributed by atoms with van der Waals surface area (Å²) in [6.07, 6.45) is 4.73. The smallest absolute Gasteiger partial charge is 0.485 e. The van der Waals surface area contributed by atoms with Gasteiger partial charge in [-0.25, -0.2) is 13.0 Å². The molecule has 0 bridgehead atoms. The average molecular weight is 457 g/mol. The molecular weight excluding hydrogens is 439 g/mol. The van der Waals surface area contributed by atoms with E-state index >= 15 is 0 Å². The Bertz CT molecular complexity index is 1020. The van der Waals surface area contributed by atoms with Gasteiger partial charge in [-0.3, -0.25) is 0 Å². The highest BCUT2D eigenvalue weighted by molar-refractivity contribution is 7.87. The number of imidazole rings is 1. The minimum atomic E-state index is -6.09. The molecule has 0 saturated carbocycles. The van der Waals surface area contributed by atoms with Crippen LogP contribution in [0.2, 0.25) is 0 Å². The zero-order chi connectivity index (χ0) is 21.9. The summed E-state index contributed by atoms with van der Waals surface area (Å²) in [4.78, 5) is 0. The number of hydrogen-bond donors (Lipinski definition) is 0. The minimum Gasteiger partial charge on any atom is -0.741 e. The Morgan fingerprint density at radius 2 is 1.72 bits per heavy atom. The summed E-state index contributed by atoms with van der Waals surface area (Å²) in [5, 5.41) is 0. The van der Waals surface area contributed by atoms with Crippen LogP contribution >= 0.6 is 0 Å². The number of hydrogen-bond acceptors (Lipinski definition) is 6. The molecule has 1 aromatic heterocycles. The molecule has 0 unspecified atom stereocenters. The van der Waals surface area contributed by atoms with E-state index in [2.05, 4.69) is 0 Å². The number of aromatic nitrogens is 2. The first kappa shape index (κ1) is 23.3. The van der Waals surface area contributed by atoms with E-state index in [1.165, 1.54) is 20.8 Å². The van der Waals surface area contributed by atoms with E-state index in [1.54, 1.807) is 17.8 Å². The van der Waals surface area contributed by atoms with Crippen molar-refractivity contribution in [3.05, 3.63) is 54.6 Å². The molecule has 0 N–H and O–H groups in total. The molecule has 162 valence electrons. The first-order valence-electron chi connectivity index (χ1n) is 8.02. The van der Waals surface area contributed by atoms with Crippen LogP contribution in [0.15, 0.2) is 49.1 Å². The maximum Gasteiger partial charge on any atom is 0.485 e. The van der Waals surface area contributed by atoms with Crippen LogP contribution in [-0.2, 0) is 38.7 Å². The molecule has 1 aliphatic heterocycles. The lowest BCUT2D eigenvalue weighted by Crippen LogP contribution is -2.55. The maximum absolute atomic E-state index is 12.3. The second-order valence-corrected chi connectivity index (χ2v) is 9.26. The molecule has 1 saturated heterocycles. The number of aryl methyl sites for hydroxylation is 1. The van der Waals surface area contributed by atoms with Gasteiger partial charge in [-0.2, -0.15) is 25.9 Å². The molecule has 3 rings (SSSR count). The molecule has 9 nitrogen and oxygen atoms in total. The van der Waals surface area contributed by atoms with Gasteiger partial charge in [0.15, 0.2) is 10.1 Å². The van der Waals surface area contributed by atoms with Crippen LogP contribution in [-0.4, -0.2) is 54.4 Å². The zero-order valence-corrected chi connectivity index (χ0v) is 16.7. The molecule has 2 aromatic rings. The molecule has 29 heavy (non-hydrogen) atoms. The number of ether oxygens (including phenoxy) is 1. The molecule has 1 aliphatic rings. The van der Waals surface area contributed by atoms with E-state index in [0.29, 0.717) is 19.7 Å². The standard InChI is InChI=1S/C14H18N3O3S.CHF3O3S/c1-15-7-8-16(12-15)21(18,19)17-9-14(10-17)20-11-13-5-3-2-4-6-13;2-1(3,4)8(5,6)7/h2-8,12,14H,9-11H2,1H3;(H,5,6,7)/q+1;/p-1. The molecular formula is C15H18F3N3O6S2. The van der Waals surface area contributed by atoms with Gasteiger partial charge in [0.05, 0.1) is 19.8 Å². The molecule has 0 aliphatic carbocycles. The highest BCUT2D eigenvalue weighted by Crippen LogP contribution is 2.20. The Balaban J connectivity index is 0.000000321. The third-order valence-corrected chi connectivity index (χ3v) is 6.03. The van der Waals surface area contributed by atoms with Gasteiger partial charge in [0.25, 0.3) is 6.33 Å². The van der Waals surface area contributed by atoms with E-state index < -0.39 is 25.8 Å². The van der Waals surface area contributed by atoms with Crippen molar-refractivity contribution < 1.29 is 43.9 Å². The van der Waals surface area contributed by atoms with Gasteiger partial charge in [0.1, 0.15) is 12.4 Å². The van der Waals surface area contributed by atoms with E-state index in [1.807, 2.05) is 30.3 Å².